The van der Waals surface area contributed by atoms with Crippen LogP contribution in [0.5, 0.6) is 0 Å². The molecule has 0 amide bonds. The Hall–Kier alpha value is -1.12. The first-order valence-electron chi connectivity index (χ1n) is 4.43. The largest absolute Gasteiger partial charge is 0.396 e. The number of hydrogen-bond donors (Lipinski definition) is 1. The topological polar surface area (TPSA) is 51.8 Å². The van der Waals surface area contributed by atoms with E-state index in [2.05, 4.69) is 9.97 Å². The van der Waals surface area contributed by atoms with Crippen molar-refractivity contribution in [3.05, 3.63) is 18.2 Å². The van der Waals surface area contributed by atoms with Gasteiger partial charge in [-0.1, -0.05) is 0 Å². The van der Waals surface area contributed by atoms with Crippen LogP contribution in [0.2, 0.25) is 0 Å². The molecule has 1 heterocycles. The lowest BCUT2D eigenvalue weighted by Gasteiger charge is -1.88. The zero-order valence-electron chi connectivity index (χ0n) is 8.97. The average molecular weight is 114 g/mol. The van der Waals surface area contributed by atoms with Crippen molar-refractivity contribution in [1.82, 2.24) is 9.97 Å². The summed E-state index contributed by atoms with van der Waals surface area (Å²) in [4.78, 5) is 6.71. The molecule has 0 aliphatic heterocycles. The van der Waals surface area contributed by atoms with Gasteiger partial charge in [0.1, 0.15) is 5.82 Å². The lowest BCUT2D eigenvalue weighted by Crippen LogP contribution is -1.90. The molecule has 0 spiro atoms. The standard InChI is InChI=1S/C5H7N3/c1-4-7-2-5(6)3-8-4/h2-3H,6H2,1H3/i1D3,2D,3D. The molecule has 0 bridgehead atoms. The van der Waals surface area contributed by atoms with Crippen molar-refractivity contribution in [2.45, 2.75) is 6.85 Å². The third kappa shape index (κ3) is 0.932. The summed E-state index contributed by atoms with van der Waals surface area (Å²) in [7, 11) is 0. The Labute approximate surface area is 54.6 Å². The molecule has 0 aromatic carbocycles. The zero-order valence-corrected chi connectivity index (χ0v) is 3.97. The van der Waals surface area contributed by atoms with Gasteiger partial charge in [0.15, 0.2) is 0 Å². The van der Waals surface area contributed by atoms with E-state index in [4.69, 9.17) is 12.6 Å². The minimum absolute atomic E-state index is 0.215. The number of aromatic nitrogens is 2. The summed E-state index contributed by atoms with van der Waals surface area (Å²) in [6.07, 6.45) is -0.850. The molecule has 42 valence electrons. The lowest BCUT2D eigenvalue weighted by molar-refractivity contribution is 1.06. The van der Waals surface area contributed by atoms with E-state index in [0.717, 1.165) is 0 Å². The van der Waals surface area contributed by atoms with E-state index in [9.17, 15) is 0 Å². The number of aryl methyl sites for hydroxylation is 1. The first kappa shape index (κ1) is 1.69. The molecule has 0 atom stereocenters. The van der Waals surface area contributed by atoms with Gasteiger partial charge in [-0.15, -0.1) is 0 Å². The van der Waals surface area contributed by atoms with Crippen molar-refractivity contribution in [3.8, 4) is 0 Å². The molecule has 0 radical (unpaired) electrons. The molecule has 1 aromatic heterocycles. The number of nitrogen functional groups attached to an aromatic ring is 1. The number of hydrogen-bond acceptors (Lipinski definition) is 3. The Morgan fingerprint density at radius 3 is 2.88 bits per heavy atom. The van der Waals surface area contributed by atoms with Gasteiger partial charge in [0.25, 0.3) is 0 Å². The molecule has 0 saturated carbocycles. The minimum atomic E-state index is -2.50. The maximum absolute atomic E-state index is 7.14. The highest BCUT2D eigenvalue weighted by molar-refractivity contribution is 5.29. The summed E-state index contributed by atoms with van der Waals surface area (Å²) in [5, 5.41) is 0. The quantitative estimate of drug-likeness (QED) is 0.530. The zero-order chi connectivity index (χ0) is 10.2. The molecule has 0 aliphatic rings. The molecule has 1 aromatic rings. The summed E-state index contributed by atoms with van der Waals surface area (Å²) >= 11 is 0. The van der Waals surface area contributed by atoms with Gasteiger partial charge in [-0.2, -0.15) is 0 Å². The molecule has 3 heteroatoms. The fourth-order valence-electron chi connectivity index (χ4n) is 0.276. The van der Waals surface area contributed by atoms with Crippen molar-refractivity contribution in [3.63, 3.8) is 0 Å². The van der Waals surface area contributed by atoms with E-state index in [1.807, 2.05) is 0 Å². The Bertz CT molecular complexity index is 310. The van der Waals surface area contributed by atoms with Gasteiger partial charge in [0, 0.05) is 4.11 Å². The first-order valence-corrected chi connectivity index (χ1v) is 1.93. The van der Waals surface area contributed by atoms with Crippen molar-refractivity contribution < 1.29 is 6.85 Å². The van der Waals surface area contributed by atoms with Crippen LogP contribution in [0.25, 0.3) is 0 Å². The molecule has 0 saturated heterocycles. The van der Waals surface area contributed by atoms with Crippen LogP contribution < -0.4 is 5.73 Å². The second-order valence-corrected chi connectivity index (χ2v) is 1.18. The second-order valence-electron chi connectivity index (χ2n) is 1.18. The molecule has 0 unspecified atom stereocenters. The van der Waals surface area contributed by atoms with Crippen LogP contribution in [-0.2, 0) is 0 Å². The molecule has 0 aliphatic carbocycles. The Balaban J connectivity index is 3.29. The summed E-state index contributed by atoms with van der Waals surface area (Å²) in [5.41, 5.74) is 5.00. The van der Waals surface area contributed by atoms with Crippen molar-refractivity contribution >= 4 is 5.69 Å². The Kier molecular flexibility index (Phi) is 0.374. The van der Waals surface area contributed by atoms with Crippen LogP contribution in [0.3, 0.4) is 0 Å². The monoisotopic (exact) mass is 114 g/mol. The molecular weight excluding hydrogens is 102 g/mol. The van der Waals surface area contributed by atoms with Crippen LogP contribution in [0.4, 0.5) is 5.69 Å². The Morgan fingerprint density at radius 2 is 2.38 bits per heavy atom. The molecule has 0 fully saturated rings. The summed E-state index contributed by atoms with van der Waals surface area (Å²) in [6.45, 7) is -2.50. The predicted octanol–water partition coefficient (Wildman–Crippen LogP) is 0.367. The molecule has 3 nitrogen and oxygen atoms in total. The average Bonchev–Trinajstić information content (AvgIpc) is 1.97. The second kappa shape index (κ2) is 1.78. The Morgan fingerprint density at radius 1 is 1.75 bits per heavy atom. The number of rotatable bonds is 0. The van der Waals surface area contributed by atoms with Gasteiger partial charge in [-0.05, 0) is 6.85 Å². The summed E-state index contributed by atoms with van der Waals surface area (Å²) in [6, 6.07) is 0. The molecule has 8 heavy (non-hydrogen) atoms. The van der Waals surface area contributed by atoms with E-state index in [-0.39, 0.29) is 5.69 Å². The van der Waals surface area contributed by atoms with Gasteiger partial charge < -0.3 is 5.73 Å². The molecule has 1 rings (SSSR count). The van der Waals surface area contributed by atoms with Gasteiger partial charge >= 0.3 is 0 Å². The van der Waals surface area contributed by atoms with Gasteiger partial charge in [-0.3, -0.25) is 0 Å². The fraction of sp³-hybridized carbons (Fsp3) is 0.200. The van der Waals surface area contributed by atoms with E-state index in [0.29, 0.717) is 0 Å². The van der Waals surface area contributed by atoms with Crippen molar-refractivity contribution in [2.75, 3.05) is 5.73 Å². The first-order chi connectivity index (χ1) is 5.82. The predicted molar refractivity (Wildman–Crippen MR) is 31.2 cm³/mol. The van der Waals surface area contributed by atoms with Gasteiger partial charge in [0.05, 0.1) is 20.8 Å². The normalized spacial score (nSPS) is 19.8. The third-order valence-corrected chi connectivity index (χ3v) is 0.565. The smallest absolute Gasteiger partial charge is 0.125 e. The SMILES string of the molecule is [2H]c1nc(C([2H])([2H])[2H])nc([2H])c1N. The highest BCUT2D eigenvalue weighted by Gasteiger charge is 1.82. The van der Waals surface area contributed by atoms with E-state index >= 15 is 0 Å². The number of nitrogens with zero attached hydrogens (tertiary/aromatic N) is 2. The van der Waals surface area contributed by atoms with Gasteiger partial charge in [-0.25, -0.2) is 9.97 Å². The third-order valence-electron chi connectivity index (χ3n) is 0.565. The van der Waals surface area contributed by atoms with Crippen LogP contribution in [0, 0.1) is 6.85 Å². The molecule has 2 N–H and O–H groups in total. The van der Waals surface area contributed by atoms with E-state index < -0.39 is 25.0 Å². The maximum atomic E-state index is 7.14. The molecular formula is C5H7N3. The van der Waals surface area contributed by atoms with Crippen LogP contribution in [0.1, 0.15) is 12.7 Å². The highest BCUT2D eigenvalue weighted by Crippen LogP contribution is 1.92. The van der Waals surface area contributed by atoms with Gasteiger partial charge in [0.2, 0.25) is 0 Å². The minimum Gasteiger partial charge on any atom is -0.396 e. The highest BCUT2D eigenvalue weighted by atomic mass is 14.9. The number of nitrogens with two attached hydrogens (primary N) is 1. The lowest BCUT2D eigenvalue weighted by atomic mass is 10.5. The maximum Gasteiger partial charge on any atom is 0.125 e. The van der Waals surface area contributed by atoms with E-state index in [1.54, 1.807) is 0 Å². The number of anilines is 1. The summed E-state index contributed by atoms with van der Waals surface area (Å²) in [5.74, 6) is -0.517. The van der Waals surface area contributed by atoms with Crippen molar-refractivity contribution in [2.24, 2.45) is 0 Å². The van der Waals surface area contributed by atoms with Crippen LogP contribution in [-0.4, -0.2) is 9.97 Å². The van der Waals surface area contributed by atoms with Crippen LogP contribution >= 0.6 is 0 Å². The van der Waals surface area contributed by atoms with Crippen molar-refractivity contribution in [1.29, 1.82) is 0 Å². The summed E-state index contributed by atoms with van der Waals surface area (Å²) < 4.78 is 35.1. The van der Waals surface area contributed by atoms with Crippen LogP contribution in [0.15, 0.2) is 12.3 Å². The van der Waals surface area contributed by atoms with E-state index in [1.165, 1.54) is 0 Å². The fourth-order valence-corrected chi connectivity index (χ4v) is 0.276.